The van der Waals surface area contributed by atoms with Crippen molar-refractivity contribution in [3.63, 3.8) is 0 Å². The lowest BCUT2D eigenvalue weighted by Gasteiger charge is -2.40. The number of carbonyl (C=O) groups is 3. The van der Waals surface area contributed by atoms with Gasteiger partial charge in [-0.15, -0.1) is 0 Å². The number of benzene rings is 1. The van der Waals surface area contributed by atoms with Crippen molar-refractivity contribution in [2.24, 2.45) is 11.3 Å². The second kappa shape index (κ2) is 12.0. The summed E-state index contributed by atoms with van der Waals surface area (Å²) in [5.41, 5.74) is 2.35. The van der Waals surface area contributed by atoms with Crippen LogP contribution in [0.3, 0.4) is 0 Å². The number of hydrogen-bond donors (Lipinski definition) is 3. The van der Waals surface area contributed by atoms with Crippen molar-refractivity contribution in [3.8, 4) is 0 Å². The minimum atomic E-state index is -1.02. The molecule has 0 saturated carbocycles. The van der Waals surface area contributed by atoms with Crippen molar-refractivity contribution >= 4 is 17.8 Å². The fourth-order valence-corrected chi connectivity index (χ4v) is 4.64. The van der Waals surface area contributed by atoms with E-state index in [0.717, 1.165) is 16.7 Å². The van der Waals surface area contributed by atoms with Crippen LogP contribution in [0, 0.1) is 25.2 Å². The first-order valence-corrected chi connectivity index (χ1v) is 12.6. The van der Waals surface area contributed by atoms with Crippen molar-refractivity contribution in [1.29, 1.82) is 0 Å². The zero-order valence-electron chi connectivity index (χ0n) is 24.2. The summed E-state index contributed by atoms with van der Waals surface area (Å²) < 4.78 is 0. The summed E-state index contributed by atoms with van der Waals surface area (Å²) in [4.78, 5) is 40.4. The third-order valence-electron chi connectivity index (χ3n) is 6.87. The highest BCUT2D eigenvalue weighted by Crippen LogP contribution is 2.30. The van der Waals surface area contributed by atoms with E-state index in [1.807, 2.05) is 62.3 Å². The normalized spacial score (nSPS) is 15.3. The number of amides is 2. The SMILES string of the molecule is CN[C@@H](C(=O)N[C@H](C(=O)N(C)[C@H](/C=C(\C)C(=O)O)C(C)C)C(C)(C)C)C(C)(C)c1cc(C)cc(C)c1. The molecule has 3 N–H and O–H groups in total. The van der Waals surface area contributed by atoms with E-state index in [1.165, 1.54) is 6.92 Å². The second-order valence-corrected chi connectivity index (χ2v) is 12.0. The maximum absolute atomic E-state index is 13.8. The Balaban J connectivity index is 3.36. The smallest absolute Gasteiger partial charge is 0.331 e. The van der Waals surface area contributed by atoms with Crippen LogP contribution in [0.5, 0.6) is 0 Å². The van der Waals surface area contributed by atoms with Crippen molar-refractivity contribution in [1.82, 2.24) is 15.5 Å². The lowest BCUT2D eigenvalue weighted by molar-refractivity contribution is -0.141. The molecule has 0 aromatic heterocycles. The van der Waals surface area contributed by atoms with E-state index in [0.29, 0.717) is 0 Å². The molecule has 0 bridgehead atoms. The first kappa shape index (κ1) is 31.4. The van der Waals surface area contributed by atoms with Crippen molar-refractivity contribution in [2.75, 3.05) is 14.1 Å². The van der Waals surface area contributed by atoms with Crippen LogP contribution in [-0.4, -0.2) is 60.0 Å². The summed E-state index contributed by atoms with van der Waals surface area (Å²) in [5, 5.41) is 15.6. The van der Waals surface area contributed by atoms with Gasteiger partial charge in [0.2, 0.25) is 11.8 Å². The van der Waals surface area contributed by atoms with Gasteiger partial charge < -0.3 is 20.6 Å². The van der Waals surface area contributed by atoms with Gasteiger partial charge in [0, 0.05) is 18.0 Å². The summed E-state index contributed by atoms with van der Waals surface area (Å²) in [6.45, 7) is 19.3. The van der Waals surface area contributed by atoms with Gasteiger partial charge in [0.15, 0.2) is 0 Å². The van der Waals surface area contributed by atoms with Gasteiger partial charge in [-0.1, -0.05) is 83.9 Å². The van der Waals surface area contributed by atoms with Gasteiger partial charge >= 0.3 is 5.97 Å². The maximum atomic E-state index is 13.8. The highest BCUT2D eigenvalue weighted by Gasteiger charge is 2.41. The van der Waals surface area contributed by atoms with Crippen LogP contribution in [-0.2, 0) is 19.8 Å². The van der Waals surface area contributed by atoms with E-state index in [1.54, 1.807) is 25.1 Å². The van der Waals surface area contributed by atoms with Gasteiger partial charge in [-0.2, -0.15) is 0 Å². The minimum absolute atomic E-state index is 0.0156. The van der Waals surface area contributed by atoms with Gasteiger partial charge in [-0.05, 0) is 44.7 Å². The third kappa shape index (κ3) is 7.66. The number of carbonyl (C=O) groups excluding carboxylic acids is 2. The van der Waals surface area contributed by atoms with Gasteiger partial charge in [0.05, 0.1) is 12.1 Å². The fourth-order valence-electron chi connectivity index (χ4n) is 4.64. The first-order chi connectivity index (χ1) is 16.3. The lowest BCUT2D eigenvalue weighted by atomic mass is 9.76. The molecule has 0 aliphatic rings. The second-order valence-electron chi connectivity index (χ2n) is 12.0. The molecular formula is C29H47N3O4. The molecule has 1 aromatic rings. The zero-order valence-corrected chi connectivity index (χ0v) is 24.2. The van der Waals surface area contributed by atoms with E-state index >= 15 is 0 Å². The van der Waals surface area contributed by atoms with Crippen LogP contribution < -0.4 is 10.6 Å². The molecule has 3 atom stereocenters. The van der Waals surface area contributed by atoms with Crippen LogP contribution in [0.4, 0.5) is 0 Å². The number of nitrogens with one attached hydrogen (secondary N) is 2. The molecule has 0 heterocycles. The molecule has 0 fully saturated rings. The average Bonchev–Trinajstić information content (AvgIpc) is 2.73. The largest absolute Gasteiger partial charge is 0.478 e. The number of nitrogens with zero attached hydrogens (tertiary/aromatic N) is 1. The Labute approximate surface area is 217 Å². The number of carboxylic acid groups (broad SMARTS) is 1. The van der Waals surface area contributed by atoms with Crippen molar-refractivity contribution in [3.05, 3.63) is 46.5 Å². The molecular weight excluding hydrogens is 454 g/mol. The van der Waals surface area contributed by atoms with E-state index in [-0.39, 0.29) is 23.3 Å². The molecule has 0 unspecified atom stereocenters. The fraction of sp³-hybridized carbons (Fsp3) is 0.621. The predicted octanol–water partition coefficient (Wildman–Crippen LogP) is 4.21. The number of hydrogen-bond acceptors (Lipinski definition) is 4. The quantitative estimate of drug-likeness (QED) is 0.417. The Kier molecular flexibility index (Phi) is 10.5. The standard InChI is InChI=1S/C29H47N3O4/c1-17(2)22(16-20(5)27(35)36)32(12)26(34)24(28(6,7)8)31-25(33)23(30-11)29(9,10)21-14-18(3)13-19(4)15-21/h13-17,22-24,30H,1-12H3,(H,31,33)(H,35,36)/b20-16+/t22-,23+,24-/m1/s1. The Morgan fingerprint density at radius 1 is 0.972 bits per heavy atom. The van der Waals surface area contributed by atoms with Crippen LogP contribution in [0.15, 0.2) is 29.8 Å². The van der Waals surface area contributed by atoms with E-state index in [9.17, 15) is 19.5 Å². The number of rotatable bonds is 10. The van der Waals surface area contributed by atoms with Crippen LogP contribution >= 0.6 is 0 Å². The molecule has 0 saturated heterocycles. The molecule has 7 heteroatoms. The summed E-state index contributed by atoms with van der Waals surface area (Å²) >= 11 is 0. The summed E-state index contributed by atoms with van der Waals surface area (Å²) in [6, 6.07) is 4.47. The van der Waals surface area contributed by atoms with Crippen LogP contribution in [0.25, 0.3) is 0 Å². The molecule has 36 heavy (non-hydrogen) atoms. The van der Waals surface area contributed by atoms with Crippen molar-refractivity contribution in [2.45, 2.75) is 92.8 Å². The molecule has 2 amide bonds. The number of likely N-dealkylation sites (N-methyl/N-ethyl adjacent to an activating group) is 2. The van der Waals surface area contributed by atoms with Gasteiger partial charge in [0.1, 0.15) is 6.04 Å². The van der Waals surface area contributed by atoms with Crippen molar-refractivity contribution < 1.29 is 19.5 Å². The van der Waals surface area contributed by atoms with E-state index in [2.05, 4.69) is 28.8 Å². The zero-order chi connectivity index (χ0) is 28.2. The van der Waals surface area contributed by atoms with Gasteiger partial charge in [-0.3, -0.25) is 9.59 Å². The number of carboxylic acids is 1. The predicted molar refractivity (Wildman–Crippen MR) is 146 cm³/mol. The highest BCUT2D eigenvalue weighted by molar-refractivity contribution is 5.91. The van der Waals surface area contributed by atoms with E-state index in [4.69, 9.17) is 0 Å². The first-order valence-electron chi connectivity index (χ1n) is 12.6. The Bertz CT molecular complexity index is 968. The summed E-state index contributed by atoms with van der Waals surface area (Å²) in [5.74, 6) is -1.56. The van der Waals surface area contributed by atoms with Crippen LogP contribution in [0.1, 0.15) is 72.1 Å². The molecule has 0 radical (unpaired) electrons. The summed E-state index contributed by atoms with van der Waals surface area (Å²) in [7, 11) is 3.42. The van der Waals surface area contributed by atoms with Crippen LogP contribution in [0.2, 0.25) is 0 Å². The number of aryl methyl sites for hydroxylation is 2. The Morgan fingerprint density at radius 2 is 1.47 bits per heavy atom. The third-order valence-corrected chi connectivity index (χ3v) is 6.87. The minimum Gasteiger partial charge on any atom is -0.478 e. The monoisotopic (exact) mass is 501 g/mol. The molecule has 0 spiro atoms. The lowest BCUT2D eigenvalue weighted by Crippen LogP contribution is -2.61. The average molecular weight is 502 g/mol. The van der Waals surface area contributed by atoms with E-state index < -0.39 is 34.9 Å². The molecule has 1 aromatic carbocycles. The topological polar surface area (TPSA) is 98.7 Å². The van der Waals surface area contributed by atoms with Gasteiger partial charge in [-0.25, -0.2) is 4.79 Å². The summed E-state index contributed by atoms with van der Waals surface area (Å²) in [6.07, 6.45) is 1.60. The Hall–Kier alpha value is -2.67. The van der Waals surface area contributed by atoms with Gasteiger partial charge in [0.25, 0.3) is 0 Å². The highest BCUT2D eigenvalue weighted by atomic mass is 16.4. The molecule has 1 rings (SSSR count). The maximum Gasteiger partial charge on any atom is 0.331 e. The number of aliphatic carboxylic acids is 1. The molecule has 0 aliphatic carbocycles. The molecule has 0 aliphatic heterocycles. The molecule has 7 nitrogen and oxygen atoms in total. The Morgan fingerprint density at radius 3 is 1.86 bits per heavy atom. The molecule has 202 valence electrons.